The lowest BCUT2D eigenvalue weighted by molar-refractivity contribution is 0.415. The zero-order valence-electron chi connectivity index (χ0n) is 22.0. The third kappa shape index (κ3) is 8.58. The molecule has 0 spiro atoms. The highest BCUT2D eigenvalue weighted by Gasteiger charge is 2.15. The molecule has 0 radical (unpaired) electrons. The summed E-state index contributed by atoms with van der Waals surface area (Å²) in [5.74, 6) is 1.84. The van der Waals surface area contributed by atoms with E-state index in [1.54, 1.807) is 14.2 Å². The summed E-state index contributed by atoms with van der Waals surface area (Å²) in [6.07, 6.45) is 6.56. The molecule has 0 aliphatic heterocycles. The number of aryl methyl sites for hydroxylation is 2. The number of hydrogen-bond donors (Lipinski definition) is 0. The number of methoxy groups -OCH3 is 2. The van der Waals surface area contributed by atoms with Crippen molar-refractivity contribution in [3.63, 3.8) is 0 Å². The van der Waals surface area contributed by atoms with Crippen LogP contribution in [0.5, 0.6) is 11.5 Å². The molecule has 0 bridgehead atoms. The van der Waals surface area contributed by atoms with E-state index in [0.29, 0.717) is 21.6 Å². The van der Waals surface area contributed by atoms with Gasteiger partial charge in [0.05, 0.1) is 29.8 Å². The van der Waals surface area contributed by atoms with Gasteiger partial charge in [-0.1, -0.05) is 38.1 Å². The summed E-state index contributed by atoms with van der Waals surface area (Å²) in [5, 5.41) is 3.68. The van der Waals surface area contributed by atoms with Crippen molar-refractivity contribution in [3.05, 3.63) is 81.3 Å². The lowest BCUT2D eigenvalue weighted by Crippen LogP contribution is -1.90. The molecule has 228 valence electrons. The molecule has 0 N–H and O–H groups in total. The van der Waals surface area contributed by atoms with Gasteiger partial charge in [-0.05, 0) is 65.1 Å². The predicted molar refractivity (Wildman–Crippen MR) is 176 cm³/mol. The summed E-state index contributed by atoms with van der Waals surface area (Å²) >= 11 is 28.6. The Morgan fingerprint density at radius 1 is 0.651 bits per heavy atom. The van der Waals surface area contributed by atoms with Gasteiger partial charge in [-0.15, -0.1) is 0 Å². The van der Waals surface area contributed by atoms with Crippen molar-refractivity contribution >= 4 is 79.8 Å². The number of ether oxygens (including phenoxy) is 2. The van der Waals surface area contributed by atoms with Crippen molar-refractivity contribution < 1.29 is 9.47 Å². The molecule has 0 unspecified atom stereocenters. The average Bonchev–Trinajstić information content (AvgIpc) is 3.46. The SMILES string of the molecule is C.C.COc1cc2c(-c3ncnc(Cl)n3)cn(C)c2cc1Cl.COc1cc2ccn(C)c2cc1Cl.Clc1ncnc(Cl)n1. The van der Waals surface area contributed by atoms with Crippen LogP contribution in [0.4, 0.5) is 0 Å². The van der Waals surface area contributed by atoms with Crippen molar-refractivity contribution in [1.82, 2.24) is 39.0 Å². The predicted octanol–water partition coefficient (Wildman–Crippen LogP) is 8.64. The second-order valence-electron chi connectivity index (χ2n) is 8.23. The molecule has 43 heavy (non-hydrogen) atoms. The molecule has 6 aromatic rings. The van der Waals surface area contributed by atoms with Gasteiger partial charge in [0, 0.05) is 48.3 Å². The van der Waals surface area contributed by atoms with Gasteiger partial charge in [-0.2, -0.15) is 9.97 Å². The van der Waals surface area contributed by atoms with Crippen LogP contribution in [0.3, 0.4) is 0 Å². The Labute approximate surface area is 274 Å². The smallest absolute Gasteiger partial charge is 0.226 e. The molecule has 4 aromatic heterocycles. The maximum Gasteiger partial charge on any atom is 0.226 e. The van der Waals surface area contributed by atoms with Gasteiger partial charge in [0.1, 0.15) is 24.2 Å². The fourth-order valence-corrected chi connectivity index (χ4v) is 4.69. The lowest BCUT2D eigenvalue weighted by Gasteiger charge is -2.04. The summed E-state index contributed by atoms with van der Waals surface area (Å²) in [6.45, 7) is 0. The summed E-state index contributed by atoms with van der Waals surface area (Å²) in [7, 11) is 7.12. The summed E-state index contributed by atoms with van der Waals surface area (Å²) in [4.78, 5) is 22.6. The van der Waals surface area contributed by atoms with Crippen LogP contribution in [0.15, 0.2) is 55.4 Å². The van der Waals surface area contributed by atoms with E-state index in [9.17, 15) is 0 Å². The topological polar surface area (TPSA) is 106 Å². The second kappa shape index (κ2) is 15.9. The van der Waals surface area contributed by atoms with Crippen LogP contribution in [0.2, 0.25) is 25.9 Å². The molecule has 0 saturated heterocycles. The molecule has 0 amide bonds. The van der Waals surface area contributed by atoms with Crippen LogP contribution in [-0.2, 0) is 14.1 Å². The number of hydrogen-bond acceptors (Lipinski definition) is 8. The summed E-state index contributed by atoms with van der Waals surface area (Å²) in [6, 6.07) is 9.61. The third-order valence-corrected chi connectivity index (χ3v) is 6.86. The van der Waals surface area contributed by atoms with Crippen molar-refractivity contribution in [2.75, 3.05) is 14.2 Å². The number of nitrogens with zero attached hydrogens (tertiary/aromatic N) is 8. The Balaban J connectivity index is 0.000000242. The van der Waals surface area contributed by atoms with Crippen molar-refractivity contribution in [2.45, 2.75) is 14.9 Å². The first-order valence-corrected chi connectivity index (χ1v) is 13.5. The van der Waals surface area contributed by atoms with E-state index in [4.69, 9.17) is 67.5 Å². The maximum atomic E-state index is 6.16. The molecule has 2 aromatic carbocycles. The summed E-state index contributed by atoms with van der Waals surface area (Å²) in [5.41, 5.74) is 2.93. The molecule has 0 fully saturated rings. The fraction of sp³-hybridized carbons (Fsp3) is 0.214. The average molecular weight is 687 g/mol. The van der Waals surface area contributed by atoms with E-state index in [1.165, 1.54) is 12.7 Å². The van der Waals surface area contributed by atoms with Gasteiger partial charge in [-0.3, -0.25) is 0 Å². The number of halogens is 5. The first kappa shape index (κ1) is 35.8. The first-order chi connectivity index (χ1) is 19.6. The van der Waals surface area contributed by atoms with E-state index >= 15 is 0 Å². The molecule has 6 rings (SSSR count). The van der Waals surface area contributed by atoms with Gasteiger partial charge in [0.15, 0.2) is 5.82 Å². The molecular formula is C28H29Cl5N8O2. The molecule has 4 heterocycles. The second-order valence-corrected chi connectivity index (χ2v) is 10.1. The zero-order valence-corrected chi connectivity index (χ0v) is 25.8. The van der Waals surface area contributed by atoms with E-state index in [1.807, 2.05) is 66.0 Å². The minimum atomic E-state index is 0. The van der Waals surface area contributed by atoms with E-state index in [0.717, 1.165) is 33.1 Å². The molecule has 15 heteroatoms. The Kier molecular flexibility index (Phi) is 13.2. The van der Waals surface area contributed by atoms with Crippen LogP contribution in [-0.4, -0.2) is 53.3 Å². The molecular weight excluding hydrogens is 658 g/mol. The molecule has 0 saturated carbocycles. The van der Waals surface area contributed by atoms with Crippen LogP contribution in [0.1, 0.15) is 14.9 Å². The first-order valence-electron chi connectivity index (χ1n) is 11.6. The fourth-order valence-electron chi connectivity index (χ4n) is 3.81. The monoisotopic (exact) mass is 684 g/mol. The third-order valence-electron chi connectivity index (χ3n) is 5.72. The van der Waals surface area contributed by atoms with Gasteiger partial charge < -0.3 is 18.6 Å². The quantitative estimate of drug-likeness (QED) is 0.182. The van der Waals surface area contributed by atoms with E-state index in [2.05, 4.69) is 29.9 Å². The highest BCUT2D eigenvalue weighted by molar-refractivity contribution is 6.33. The Morgan fingerprint density at radius 3 is 1.72 bits per heavy atom. The highest BCUT2D eigenvalue weighted by Crippen LogP contribution is 2.35. The van der Waals surface area contributed by atoms with E-state index in [-0.39, 0.29) is 30.7 Å². The van der Waals surface area contributed by atoms with Crippen LogP contribution in [0, 0.1) is 0 Å². The van der Waals surface area contributed by atoms with Crippen molar-refractivity contribution in [3.8, 4) is 22.9 Å². The lowest BCUT2D eigenvalue weighted by atomic mass is 10.1. The number of rotatable bonds is 3. The molecule has 0 atom stereocenters. The van der Waals surface area contributed by atoms with Crippen molar-refractivity contribution in [1.29, 1.82) is 0 Å². The number of fused-ring (bicyclic) bond motifs is 2. The van der Waals surface area contributed by atoms with Crippen LogP contribution in [0.25, 0.3) is 33.2 Å². The van der Waals surface area contributed by atoms with Crippen LogP contribution < -0.4 is 9.47 Å². The minimum Gasteiger partial charge on any atom is -0.495 e. The minimum absolute atomic E-state index is 0. The largest absolute Gasteiger partial charge is 0.495 e. The Bertz CT molecular complexity index is 1810. The van der Waals surface area contributed by atoms with Gasteiger partial charge in [0.25, 0.3) is 0 Å². The van der Waals surface area contributed by atoms with Gasteiger partial charge >= 0.3 is 0 Å². The van der Waals surface area contributed by atoms with Gasteiger partial charge in [0.2, 0.25) is 15.9 Å². The maximum absolute atomic E-state index is 6.16. The van der Waals surface area contributed by atoms with E-state index < -0.39 is 0 Å². The molecule has 0 aliphatic rings. The standard InChI is InChI=1S/C13H10Cl2N4O.C10H10ClNO.C3HCl2N3.2CH4/c1-19-5-8(12-16-6-17-13(15)18-12)7-3-11(20-2)9(14)4-10(7)19;1-12-4-3-7-5-10(13-2)8(11)6-9(7)12;4-2-6-1-7-3(5)8-2;;/h3-6H,1-2H3;3-6H,1-2H3;1H;2*1H4. The Morgan fingerprint density at radius 2 is 1.19 bits per heavy atom. The highest BCUT2D eigenvalue weighted by atomic mass is 35.5. The normalized spacial score (nSPS) is 10.1. The molecule has 10 nitrogen and oxygen atoms in total. The van der Waals surface area contributed by atoms with Crippen molar-refractivity contribution in [2.24, 2.45) is 14.1 Å². The zero-order chi connectivity index (χ0) is 29.7. The number of benzene rings is 2. The molecule has 0 aliphatic carbocycles. The van der Waals surface area contributed by atoms with Crippen LogP contribution >= 0.6 is 58.0 Å². The Hall–Kier alpha value is -3.41. The number of aromatic nitrogens is 8. The summed E-state index contributed by atoms with van der Waals surface area (Å²) < 4.78 is 14.4. The van der Waals surface area contributed by atoms with Gasteiger partial charge in [-0.25, -0.2) is 19.9 Å².